The van der Waals surface area contributed by atoms with Gasteiger partial charge in [-0.15, -0.1) is 0 Å². The summed E-state index contributed by atoms with van der Waals surface area (Å²) < 4.78 is 13.3. The first-order valence-electron chi connectivity index (χ1n) is 5.09. The molecule has 0 saturated carbocycles. The van der Waals surface area contributed by atoms with Crippen LogP contribution in [-0.4, -0.2) is 0 Å². The third kappa shape index (κ3) is 1.95. The highest BCUT2D eigenvalue weighted by molar-refractivity contribution is 5.28. The van der Waals surface area contributed by atoms with Gasteiger partial charge in [0.15, 0.2) is 0 Å². The van der Waals surface area contributed by atoms with Crippen molar-refractivity contribution >= 4 is 0 Å². The van der Waals surface area contributed by atoms with Gasteiger partial charge in [0.25, 0.3) is 0 Å². The fourth-order valence-corrected chi connectivity index (χ4v) is 1.56. The van der Waals surface area contributed by atoms with Crippen LogP contribution in [0.15, 0.2) is 18.2 Å². The molecule has 0 aliphatic heterocycles. The van der Waals surface area contributed by atoms with Gasteiger partial charge >= 0.3 is 0 Å². The van der Waals surface area contributed by atoms with Crippen LogP contribution in [0.1, 0.15) is 37.8 Å². The van der Waals surface area contributed by atoms with Crippen molar-refractivity contribution < 1.29 is 4.39 Å². The minimum atomic E-state index is -0.380. The zero-order valence-corrected chi connectivity index (χ0v) is 9.10. The van der Waals surface area contributed by atoms with E-state index < -0.39 is 0 Å². The van der Waals surface area contributed by atoms with Gasteiger partial charge in [-0.2, -0.15) is 0 Å². The molecule has 0 spiro atoms. The van der Waals surface area contributed by atoms with E-state index >= 15 is 0 Å². The van der Waals surface area contributed by atoms with Crippen LogP contribution in [-0.2, 0) is 5.54 Å². The number of halogens is 1. The van der Waals surface area contributed by atoms with Crippen LogP contribution in [0.5, 0.6) is 0 Å². The summed E-state index contributed by atoms with van der Waals surface area (Å²) in [6.07, 6.45) is 1.65. The summed E-state index contributed by atoms with van der Waals surface area (Å²) in [6.45, 7) is 5.82. The molecule has 0 amide bonds. The maximum atomic E-state index is 13.3. The lowest BCUT2D eigenvalue weighted by Gasteiger charge is -2.27. The van der Waals surface area contributed by atoms with Gasteiger partial charge in [0.2, 0.25) is 0 Å². The Balaban J connectivity index is 3.12. The van der Waals surface area contributed by atoms with E-state index in [1.165, 1.54) is 0 Å². The number of aryl methyl sites for hydroxylation is 1. The normalized spacial score (nSPS) is 11.8. The lowest BCUT2D eigenvalue weighted by atomic mass is 9.85. The SMILES string of the molecule is CCC(N)(CC)c1ccc(C)c(F)c1. The van der Waals surface area contributed by atoms with Crippen molar-refractivity contribution in [1.29, 1.82) is 0 Å². The fourth-order valence-electron chi connectivity index (χ4n) is 1.56. The molecule has 1 rings (SSSR count). The molecular formula is C12H18FN. The molecule has 1 nitrogen and oxygen atoms in total. The number of nitrogens with two attached hydrogens (primary N) is 1. The molecule has 78 valence electrons. The van der Waals surface area contributed by atoms with Crippen molar-refractivity contribution in [1.82, 2.24) is 0 Å². The summed E-state index contributed by atoms with van der Waals surface area (Å²) in [5, 5.41) is 0. The topological polar surface area (TPSA) is 26.0 Å². The van der Waals surface area contributed by atoms with Gasteiger partial charge in [0.05, 0.1) is 0 Å². The average molecular weight is 195 g/mol. The zero-order chi connectivity index (χ0) is 10.8. The summed E-state index contributed by atoms with van der Waals surface area (Å²) in [5.41, 5.74) is 7.35. The van der Waals surface area contributed by atoms with Gasteiger partial charge in [0, 0.05) is 5.54 Å². The Morgan fingerprint density at radius 1 is 1.29 bits per heavy atom. The fraction of sp³-hybridized carbons (Fsp3) is 0.500. The smallest absolute Gasteiger partial charge is 0.126 e. The third-order valence-electron chi connectivity index (χ3n) is 3.01. The summed E-state index contributed by atoms with van der Waals surface area (Å²) in [6, 6.07) is 5.27. The van der Waals surface area contributed by atoms with E-state index in [2.05, 4.69) is 0 Å². The van der Waals surface area contributed by atoms with Crippen molar-refractivity contribution in [2.24, 2.45) is 5.73 Å². The second kappa shape index (κ2) is 4.09. The highest BCUT2D eigenvalue weighted by atomic mass is 19.1. The van der Waals surface area contributed by atoms with Gasteiger partial charge in [0.1, 0.15) is 5.82 Å². The van der Waals surface area contributed by atoms with E-state index in [1.807, 2.05) is 19.9 Å². The predicted molar refractivity (Wildman–Crippen MR) is 57.6 cm³/mol. The van der Waals surface area contributed by atoms with E-state index in [0.29, 0.717) is 5.56 Å². The van der Waals surface area contributed by atoms with Crippen LogP contribution in [0, 0.1) is 12.7 Å². The van der Waals surface area contributed by atoms with E-state index in [4.69, 9.17) is 5.73 Å². The summed E-state index contributed by atoms with van der Waals surface area (Å²) in [7, 11) is 0. The van der Waals surface area contributed by atoms with Gasteiger partial charge in [-0.3, -0.25) is 0 Å². The molecule has 0 saturated heterocycles. The Hall–Kier alpha value is -0.890. The quantitative estimate of drug-likeness (QED) is 0.788. The molecule has 0 unspecified atom stereocenters. The molecule has 2 N–H and O–H groups in total. The molecule has 0 aromatic heterocycles. The second-order valence-corrected chi connectivity index (χ2v) is 3.83. The van der Waals surface area contributed by atoms with Gasteiger partial charge in [-0.1, -0.05) is 26.0 Å². The van der Waals surface area contributed by atoms with Crippen molar-refractivity contribution in [3.63, 3.8) is 0 Å². The maximum absolute atomic E-state index is 13.3. The van der Waals surface area contributed by atoms with E-state index in [0.717, 1.165) is 18.4 Å². The van der Waals surface area contributed by atoms with Crippen molar-refractivity contribution in [2.75, 3.05) is 0 Å². The van der Waals surface area contributed by atoms with Crippen LogP contribution >= 0.6 is 0 Å². The predicted octanol–water partition coefficient (Wildman–Crippen LogP) is 3.11. The Morgan fingerprint density at radius 2 is 1.86 bits per heavy atom. The molecule has 0 aliphatic carbocycles. The minimum absolute atomic E-state index is 0.167. The molecule has 0 aliphatic rings. The van der Waals surface area contributed by atoms with E-state index in [9.17, 15) is 4.39 Å². The molecule has 1 aromatic carbocycles. The summed E-state index contributed by atoms with van der Waals surface area (Å²) in [4.78, 5) is 0. The molecule has 0 atom stereocenters. The largest absolute Gasteiger partial charge is 0.321 e. The minimum Gasteiger partial charge on any atom is -0.321 e. The molecular weight excluding hydrogens is 177 g/mol. The van der Waals surface area contributed by atoms with Crippen molar-refractivity contribution in [3.05, 3.63) is 35.1 Å². The van der Waals surface area contributed by atoms with Crippen molar-refractivity contribution in [3.8, 4) is 0 Å². The molecule has 0 radical (unpaired) electrons. The molecule has 0 heterocycles. The Bertz CT molecular complexity index is 316. The number of rotatable bonds is 3. The molecule has 14 heavy (non-hydrogen) atoms. The lowest BCUT2D eigenvalue weighted by Crippen LogP contribution is -2.35. The van der Waals surface area contributed by atoms with Crippen LogP contribution in [0.4, 0.5) is 4.39 Å². The van der Waals surface area contributed by atoms with Gasteiger partial charge in [-0.05, 0) is 37.0 Å². The van der Waals surface area contributed by atoms with Crippen molar-refractivity contribution in [2.45, 2.75) is 39.2 Å². The summed E-state index contributed by atoms with van der Waals surface area (Å²) in [5.74, 6) is -0.167. The maximum Gasteiger partial charge on any atom is 0.126 e. The molecule has 2 heteroatoms. The van der Waals surface area contributed by atoms with E-state index in [-0.39, 0.29) is 11.4 Å². The van der Waals surface area contributed by atoms with Crippen LogP contribution in [0.3, 0.4) is 0 Å². The Labute approximate surface area is 85.1 Å². The van der Waals surface area contributed by atoms with Gasteiger partial charge < -0.3 is 5.73 Å². The number of benzene rings is 1. The third-order valence-corrected chi connectivity index (χ3v) is 3.01. The standard InChI is InChI=1S/C12H18FN/c1-4-12(14,5-2)10-7-6-9(3)11(13)8-10/h6-8H,4-5,14H2,1-3H3. The first-order valence-corrected chi connectivity index (χ1v) is 5.09. The number of hydrogen-bond acceptors (Lipinski definition) is 1. The first kappa shape index (κ1) is 11.2. The van der Waals surface area contributed by atoms with Gasteiger partial charge in [-0.25, -0.2) is 4.39 Å². The lowest BCUT2D eigenvalue weighted by molar-refractivity contribution is 0.410. The second-order valence-electron chi connectivity index (χ2n) is 3.83. The highest BCUT2D eigenvalue weighted by Crippen LogP contribution is 2.26. The van der Waals surface area contributed by atoms with Crippen LogP contribution < -0.4 is 5.73 Å². The average Bonchev–Trinajstić information content (AvgIpc) is 2.21. The number of hydrogen-bond donors (Lipinski definition) is 1. The van der Waals surface area contributed by atoms with E-state index in [1.54, 1.807) is 19.1 Å². The van der Waals surface area contributed by atoms with Crippen LogP contribution in [0.2, 0.25) is 0 Å². The first-order chi connectivity index (χ1) is 6.53. The Kier molecular flexibility index (Phi) is 3.27. The van der Waals surface area contributed by atoms with Crippen LogP contribution in [0.25, 0.3) is 0 Å². The molecule has 1 aromatic rings. The molecule has 0 bridgehead atoms. The Morgan fingerprint density at radius 3 is 2.29 bits per heavy atom. The highest BCUT2D eigenvalue weighted by Gasteiger charge is 2.23. The monoisotopic (exact) mass is 195 g/mol. The molecule has 0 fully saturated rings. The summed E-state index contributed by atoms with van der Waals surface area (Å²) >= 11 is 0. The zero-order valence-electron chi connectivity index (χ0n) is 9.10.